The van der Waals surface area contributed by atoms with Crippen molar-refractivity contribution in [3.63, 3.8) is 0 Å². The van der Waals surface area contributed by atoms with E-state index < -0.39 is 13.9 Å². The quantitative estimate of drug-likeness (QED) is 0.244. The molecule has 1 aromatic carbocycles. The van der Waals surface area contributed by atoms with Gasteiger partial charge in [0.05, 0.1) is 0 Å². The molecule has 0 radical (unpaired) electrons. The molecule has 0 fully saturated rings. The lowest BCUT2D eigenvalue weighted by Gasteiger charge is -2.28. The largest absolute Gasteiger partial charge is 0.695 e. The predicted molar refractivity (Wildman–Crippen MR) is 115 cm³/mol. The van der Waals surface area contributed by atoms with Crippen LogP contribution in [0.5, 0.6) is 0 Å². The lowest BCUT2D eigenvalue weighted by molar-refractivity contribution is 0.0379. The SMILES string of the molecule is CC(C)CCCCCC(CCCCCC(C)C)(O[P+](=O)O)c1ccccc1. The standard InChI is InChI=1S/C23H39O3P/c1-20(2)14-8-6-12-18-23(26-27(24)25,22-16-10-5-11-17-22)19-13-7-9-15-21(3)4/h5,10-11,16-17,20-21H,6-9,12-15,18-19H2,1-4H3/p+1. The van der Waals surface area contributed by atoms with Crippen LogP contribution in [0.2, 0.25) is 0 Å². The van der Waals surface area contributed by atoms with Crippen LogP contribution in [0.15, 0.2) is 30.3 Å². The third-order valence-electron chi connectivity index (χ3n) is 5.28. The van der Waals surface area contributed by atoms with Gasteiger partial charge in [0, 0.05) is 4.57 Å². The number of hydrogen-bond donors (Lipinski definition) is 1. The Balaban J connectivity index is 2.78. The molecule has 0 heterocycles. The fourth-order valence-corrected chi connectivity index (χ4v) is 4.32. The van der Waals surface area contributed by atoms with Gasteiger partial charge >= 0.3 is 8.25 Å². The van der Waals surface area contributed by atoms with Gasteiger partial charge in [0.1, 0.15) is 0 Å². The third kappa shape index (κ3) is 10.4. The summed E-state index contributed by atoms with van der Waals surface area (Å²) < 4.78 is 17.4. The van der Waals surface area contributed by atoms with Crippen molar-refractivity contribution in [2.24, 2.45) is 11.8 Å². The number of benzene rings is 1. The van der Waals surface area contributed by atoms with Crippen LogP contribution >= 0.6 is 8.25 Å². The van der Waals surface area contributed by atoms with Crippen LogP contribution in [-0.2, 0) is 14.7 Å². The van der Waals surface area contributed by atoms with E-state index in [-0.39, 0.29) is 0 Å². The summed E-state index contributed by atoms with van der Waals surface area (Å²) in [6, 6.07) is 10.1. The molecule has 0 aliphatic heterocycles. The monoisotopic (exact) mass is 395 g/mol. The van der Waals surface area contributed by atoms with Gasteiger partial charge in [-0.2, -0.15) is 0 Å². The van der Waals surface area contributed by atoms with E-state index in [1.165, 1.54) is 25.7 Å². The summed E-state index contributed by atoms with van der Waals surface area (Å²) in [4.78, 5) is 9.59. The molecule has 1 unspecified atom stereocenters. The molecular weight excluding hydrogens is 355 g/mol. The molecular formula is C23H40O3P+. The van der Waals surface area contributed by atoms with E-state index in [1.807, 2.05) is 30.3 Å². The van der Waals surface area contributed by atoms with E-state index >= 15 is 0 Å². The molecule has 0 aliphatic rings. The molecule has 1 atom stereocenters. The number of rotatable bonds is 15. The van der Waals surface area contributed by atoms with Gasteiger partial charge in [-0.1, -0.05) is 109 Å². The van der Waals surface area contributed by atoms with E-state index in [0.29, 0.717) is 0 Å². The maximum Gasteiger partial charge on any atom is 0.695 e. The minimum absolute atomic E-state index is 0.640. The average Bonchev–Trinajstić information content (AvgIpc) is 2.60. The highest BCUT2D eigenvalue weighted by Crippen LogP contribution is 2.43. The van der Waals surface area contributed by atoms with Gasteiger partial charge < -0.3 is 0 Å². The highest BCUT2D eigenvalue weighted by molar-refractivity contribution is 7.32. The van der Waals surface area contributed by atoms with Gasteiger partial charge in [0.15, 0.2) is 5.60 Å². The normalized spacial score (nSPS) is 12.8. The maximum absolute atomic E-state index is 11.7. The van der Waals surface area contributed by atoms with Crippen LogP contribution in [-0.4, -0.2) is 4.89 Å². The fourth-order valence-electron chi connectivity index (χ4n) is 3.73. The lowest BCUT2D eigenvalue weighted by atomic mass is 9.83. The Hall–Kier alpha value is -0.760. The molecule has 27 heavy (non-hydrogen) atoms. The Labute approximate surface area is 167 Å². The minimum atomic E-state index is -2.63. The van der Waals surface area contributed by atoms with Crippen molar-refractivity contribution in [3.05, 3.63) is 35.9 Å². The van der Waals surface area contributed by atoms with Crippen molar-refractivity contribution in [1.29, 1.82) is 0 Å². The molecule has 1 aromatic rings. The highest BCUT2D eigenvalue weighted by atomic mass is 31.1. The summed E-state index contributed by atoms with van der Waals surface area (Å²) in [7, 11) is -2.63. The summed E-state index contributed by atoms with van der Waals surface area (Å²) in [5.41, 5.74) is 0.397. The second kappa shape index (κ2) is 13.4. The molecule has 0 aliphatic carbocycles. The van der Waals surface area contributed by atoms with E-state index in [9.17, 15) is 9.46 Å². The summed E-state index contributed by atoms with van der Waals surface area (Å²) in [6.45, 7) is 9.02. The maximum atomic E-state index is 11.7. The second-order valence-corrected chi connectivity index (χ2v) is 9.33. The van der Waals surface area contributed by atoms with Crippen molar-refractivity contribution >= 4 is 8.25 Å². The van der Waals surface area contributed by atoms with E-state index in [0.717, 1.165) is 55.9 Å². The Bertz CT molecular complexity index is 496. The third-order valence-corrected chi connectivity index (χ3v) is 5.78. The first kappa shape index (κ1) is 24.3. The molecule has 1 N–H and O–H groups in total. The first-order valence-electron chi connectivity index (χ1n) is 10.8. The van der Waals surface area contributed by atoms with Crippen molar-refractivity contribution in [2.45, 2.75) is 97.5 Å². The molecule has 0 bridgehead atoms. The Morgan fingerprint density at radius 1 is 0.852 bits per heavy atom. The van der Waals surface area contributed by atoms with Gasteiger partial charge in [-0.3, -0.25) is 0 Å². The molecule has 0 saturated heterocycles. The summed E-state index contributed by atoms with van der Waals surface area (Å²) in [6.07, 6.45) is 10.8. The van der Waals surface area contributed by atoms with Crippen LogP contribution in [0.1, 0.15) is 97.5 Å². The van der Waals surface area contributed by atoms with E-state index in [4.69, 9.17) is 4.52 Å². The van der Waals surface area contributed by atoms with Gasteiger partial charge in [0.25, 0.3) is 0 Å². The smallest absolute Gasteiger partial charge is 0.133 e. The van der Waals surface area contributed by atoms with Gasteiger partial charge in [-0.25, -0.2) is 0 Å². The molecule has 0 aromatic heterocycles. The van der Waals surface area contributed by atoms with Crippen LogP contribution in [0.3, 0.4) is 0 Å². The number of unbranched alkanes of at least 4 members (excludes halogenated alkanes) is 4. The Kier molecular flexibility index (Phi) is 12.1. The first-order chi connectivity index (χ1) is 12.9. The summed E-state index contributed by atoms with van der Waals surface area (Å²) in [5, 5.41) is 0. The Morgan fingerprint density at radius 3 is 1.74 bits per heavy atom. The molecule has 1 rings (SSSR count). The van der Waals surface area contributed by atoms with Crippen molar-refractivity contribution in [2.75, 3.05) is 0 Å². The highest BCUT2D eigenvalue weighted by Gasteiger charge is 2.41. The topological polar surface area (TPSA) is 46.5 Å². The lowest BCUT2D eigenvalue weighted by Crippen LogP contribution is -2.28. The first-order valence-corrected chi connectivity index (χ1v) is 11.9. The average molecular weight is 396 g/mol. The molecule has 3 nitrogen and oxygen atoms in total. The molecule has 0 spiro atoms. The number of hydrogen-bond acceptors (Lipinski definition) is 2. The van der Waals surface area contributed by atoms with E-state index in [1.54, 1.807) is 0 Å². The zero-order chi connectivity index (χ0) is 20.1. The van der Waals surface area contributed by atoms with Gasteiger partial charge in [0.2, 0.25) is 0 Å². The van der Waals surface area contributed by atoms with Crippen LogP contribution in [0, 0.1) is 11.8 Å². The van der Waals surface area contributed by atoms with Crippen molar-refractivity contribution in [3.8, 4) is 0 Å². The van der Waals surface area contributed by atoms with Crippen molar-refractivity contribution in [1.82, 2.24) is 0 Å². The molecule has 0 saturated carbocycles. The fraction of sp³-hybridized carbons (Fsp3) is 0.739. The zero-order valence-corrected chi connectivity index (χ0v) is 18.7. The van der Waals surface area contributed by atoms with Crippen molar-refractivity contribution < 1.29 is 14.0 Å². The Morgan fingerprint density at radius 2 is 1.33 bits per heavy atom. The molecule has 154 valence electrons. The molecule has 0 amide bonds. The zero-order valence-electron chi connectivity index (χ0n) is 17.8. The minimum Gasteiger partial charge on any atom is -0.133 e. The van der Waals surface area contributed by atoms with Crippen LogP contribution in [0.25, 0.3) is 0 Å². The summed E-state index contributed by atoms with van der Waals surface area (Å²) >= 11 is 0. The van der Waals surface area contributed by atoms with Crippen LogP contribution < -0.4 is 0 Å². The van der Waals surface area contributed by atoms with Gasteiger partial charge in [-0.05, 0) is 30.2 Å². The summed E-state index contributed by atoms with van der Waals surface area (Å²) in [5.74, 6) is 1.46. The van der Waals surface area contributed by atoms with Gasteiger partial charge in [-0.15, -0.1) is 9.42 Å². The predicted octanol–water partition coefficient (Wildman–Crippen LogP) is 7.76. The molecule has 4 heteroatoms. The van der Waals surface area contributed by atoms with E-state index in [2.05, 4.69) is 27.7 Å². The van der Waals surface area contributed by atoms with Crippen LogP contribution in [0.4, 0.5) is 0 Å². The second-order valence-electron chi connectivity index (χ2n) is 8.68.